The van der Waals surface area contributed by atoms with Gasteiger partial charge in [-0.2, -0.15) is 0 Å². The Kier molecular flexibility index (Phi) is 5.13. The molecule has 2 heterocycles. The summed E-state index contributed by atoms with van der Waals surface area (Å²) >= 11 is 11.2. The van der Waals surface area contributed by atoms with Crippen molar-refractivity contribution in [1.29, 1.82) is 0 Å². The zero-order valence-corrected chi connectivity index (χ0v) is 14.6. The first kappa shape index (κ1) is 16.5. The molecule has 122 valence electrons. The molecule has 1 aromatic carbocycles. The summed E-state index contributed by atoms with van der Waals surface area (Å²) in [5, 5.41) is 7.24. The van der Waals surface area contributed by atoms with Crippen molar-refractivity contribution >= 4 is 34.7 Å². The van der Waals surface area contributed by atoms with Crippen LogP contribution in [0.1, 0.15) is 11.3 Å². The van der Waals surface area contributed by atoms with E-state index in [9.17, 15) is 0 Å². The lowest BCUT2D eigenvalue weighted by molar-refractivity contribution is 0.516. The molecule has 0 fully saturated rings. The molecule has 3 aromatic rings. The molecule has 0 amide bonds. The molecule has 0 spiro atoms. The van der Waals surface area contributed by atoms with Gasteiger partial charge in [-0.1, -0.05) is 41.9 Å². The Labute approximate surface area is 150 Å². The summed E-state index contributed by atoms with van der Waals surface area (Å²) in [6.45, 7) is 2.41. The van der Waals surface area contributed by atoms with Crippen LogP contribution < -0.4 is 10.6 Å². The zero-order chi connectivity index (χ0) is 16.9. The van der Waals surface area contributed by atoms with Crippen LogP contribution in [0.15, 0.2) is 59.1 Å². The lowest BCUT2D eigenvalue weighted by Crippen LogP contribution is -2.28. The first-order chi connectivity index (χ1) is 11.6. The lowest BCUT2D eigenvalue weighted by Gasteiger charge is -2.10. The molecule has 0 saturated heterocycles. The molecule has 0 atom stereocenters. The van der Waals surface area contributed by atoms with Crippen molar-refractivity contribution in [3.63, 3.8) is 0 Å². The van der Waals surface area contributed by atoms with E-state index in [4.69, 9.17) is 28.2 Å². The highest BCUT2D eigenvalue weighted by atomic mass is 35.5. The molecule has 24 heavy (non-hydrogen) atoms. The van der Waals surface area contributed by atoms with Gasteiger partial charge in [0.1, 0.15) is 17.3 Å². The Bertz CT molecular complexity index is 848. The number of hydrogen-bond acceptors (Lipinski definition) is 3. The van der Waals surface area contributed by atoms with Crippen molar-refractivity contribution in [2.45, 2.75) is 13.5 Å². The maximum absolute atomic E-state index is 5.90. The number of nitrogens with one attached hydrogen (secondary N) is 2. The predicted octanol–water partition coefficient (Wildman–Crippen LogP) is 4.79. The van der Waals surface area contributed by atoms with Gasteiger partial charge in [0, 0.05) is 11.8 Å². The van der Waals surface area contributed by atoms with E-state index in [0.29, 0.717) is 22.5 Å². The van der Waals surface area contributed by atoms with Crippen molar-refractivity contribution in [3.05, 3.63) is 71.1 Å². The minimum Gasteiger partial charge on any atom is -0.459 e. The van der Waals surface area contributed by atoms with Crippen LogP contribution >= 0.6 is 23.8 Å². The minimum absolute atomic E-state index is 0.477. The minimum atomic E-state index is 0.477. The molecule has 0 aliphatic heterocycles. The van der Waals surface area contributed by atoms with E-state index in [1.165, 1.54) is 0 Å². The SMILES string of the molecule is Cc1cc(Cl)cnc1NC(=S)NCc1ccc(-c2ccccc2)o1. The molecule has 0 aliphatic rings. The van der Waals surface area contributed by atoms with Gasteiger partial charge < -0.3 is 15.1 Å². The highest BCUT2D eigenvalue weighted by molar-refractivity contribution is 7.80. The van der Waals surface area contributed by atoms with Crippen LogP contribution in [0.4, 0.5) is 5.82 Å². The van der Waals surface area contributed by atoms with Crippen LogP contribution in [0, 0.1) is 6.92 Å². The Morgan fingerprint density at radius 3 is 2.75 bits per heavy atom. The van der Waals surface area contributed by atoms with E-state index in [0.717, 1.165) is 22.6 Å². The van der Waals surface area contributed by atoms with Gasteiger partial charge in [0.2, 0.25) is 0 Å². The van der Waals surface area contributed by atoms with Crippen LogP contribution in [-0.4, -0.2) is 10.1 Å². The van der Waals surface area contributed by atoms with E-state index in [-0.39, 0.29) is 0 Å². The van der Waals surface area contributed by atoms with Gasteiger partial charge in [-0.05, 0) is 42.9 Å². The molecule has 0 unspecified atom stereocenters. The number of rotatable bonds is 4. The van der Waals surface area contributed by atoms with E-state index < -0.39 is 0 Å². The molecule has 2 aromatic heterocycles. The summed E-state index contributed by atoms with van der Waals surface area (Å²) in [6, 6.07) is 15.7. The Morgan fingerprint density at radius 2 is 2.00 bits per heavy atom. The number of halogens is 1. The first-order valence-corrected chi connectivity index (χ1v) is 8.21. The Morgan fingerprint density at radius 1 is 1.21 bits per heavy atom. The number of hydrogen-bond donors (Lipinski definition) is 2. The molecule has 0 aliphatic carbocycles. The molecular weight excluding hydrogens is 342 g/mol. The van der Waals surface area contributed by atoms with Crippen molar-refractivity contribution in [2.75, 3.05) is 5.32 Å². The van der Waals surface area contributed by atoms with Gasteiger partial charge in [-0.15, -0.1) is 0 Å². The van der Waals surface area contributed by atoms with Crippen LogP contribution in [0.25, 0.3) is 11.3 Å². The predicted molar refractivity (Wildman–Crippen MR) is 101 cm³/mol. The number of thiocarbonyl (C=S) groups is 1. The monoisotopic (exact) mass is 357 g/mol. The number of pyridine rings is 1. The fourth-order valence-electron chi connectivity index (χ4n) is 2.22. The quantitative estimate of drug-likeness (QED) is 0.657. The largest absolute Gasteiger partial charge is 0.459 e. The van der Waals surface area contributed by atoms with Crippen LogP contribution in [0.2, 0.25) is 5.02 Å². The molecule has 2 N–H and O–H groups in total. The fraction of sp³-hybridized carbons (Fsp3) is 0.111. The molecule has 6 heteroatoms. The van der Waals surface area contributed by atoms with Crippen LogP contribution in [0.5, 0.6) is 0 Å². The standard InChI is InChI=1S/C18H16ClN3OS/c1-12-9-14(19)10-20-17(12)22-18(24)21-11-15-7-8-16(23-15)13-5-3-2-4-6-13/h2-10H,11H2,1H3,(H2,20,21,22,24). The summed E-state index contributed by atoms with van der Waals surface area (Å²) in [7, 11) is 0. The fourth-order valence-corrected chi connectivity index (χ4v) is 2.60. The number of furan rings is 1. The molecule has 3 rings (SSSR count). The van der Waals surface area contributed by atoms with Crippen molar-refractivity contribution in [1.82, 2.24) is 10.3 Å². The average molecular weight is 358 g/mol. The maximum Gasteiger partial charge on any atom is 0.172 e. The van der Waals surface area contributed by atoms with Gasteiger partial charge in [-0.3, -0.25) is 0 Å². The van der Waals surface area contributed by atoms with Gasteiger partial charge in [0.15, 0.2) is 5.11 Å². The van der Waals surface area contributed by atoms with E-state index in [2.05, 4.69) is 15.6 Å². The normalized spacial score (nSPS) is 10.4. The Balaban J connectivity index is 1.58. The highest BCUT2D eigenvalue weighted by Gasteiger charge is 2.06. The number of nitrogens with zero attached hydrogens (tertiary/aromatic N) is 1. The van der Waals surface area contributed by atoms with E-state index >= 15 is 0 Å². The maximum atomic E-state index is 5.90. The van der Waals surface area contributed by atoms with Crippen molar-refractivity contribution in [3.8, 4) is 11.3 Å². The third-order valence-electron chi connectivity index (χ3n) is 3.42. The van der Waals surface area contributed by atoms with Gasteiger partial charge >= 0.3 is 0 Å². The zero-order valence-electron chi connectivity index (χ0n) is 13.0. The number of aryl methyl sites for hydroxylation is 1. The van der Waals surface area contributed by atoms with Crippen molar-refractivity contribution in [2.24, 2.45) is 0 Å². The summed E-state index contributed by atoms with van der Waals surface area (Å²) in [5.74, 6) is 2.32. The van der Waals surface area contributed by atoms with E-state index in [1.807, 2.05) is 55.5 Å². The van der Waals surface area contributed by atoms with Gasteiger partial charge in [-0.25, -0.2) is 4.98 Å². The second-order valence-corrected chi connectivity index (χ2v) is 6.10. The van der Waals surface area contributed by atoms with Crippen LogP contribution in [0.3, 0.4) is 0 Å². The molecule has 0 saturated carbocycles. The van der Waals surface area contributed by atoms with Gasteiger partial charge in [0.05, 0.1) is 11.6 Å². The summed E-state index contributed by atoms with van der Waals surface area (Å²) in [6.07, 6.45) is 1.58. The van der Waals surface area contributed by atoms with Gasteiger partial charge in [0.25, 0.3) is 0 Å². The topological polar surface area (TPSA) is 50.1 Å². The number of benzene rings is 1. The first-order valence-electron chi connectivity index (χ1n) is 7.43. The Hall–Kier alpha value is -2.37. The highest BCUT2D eigenvalue weighted by Crippen LogP contribution is 2.21. The second-order valence-electron chi connectivity index (χ2n) is 5.26. The summed E-state index contributed by atoms with van der Waals surface area (Å²) < 4.78 is 5.83. The third-order valence-corrected chi connectivity index (χ3v) is 3.87. The number of aromatic nitrogens is 1. The molecule has 4 nitrogen and oxygen atoms in total. The molecule has 0 radical (unpaired) electrons. The van der Waals surface area contributed by atoms with E-state index in [1.54, 1.807) is 6.20 Å². The average Bonchev–Trinajstić information content (AvgIpc) is 3.05. The molecular formula is C18H16ClN3OS. The lowest BCUT2D eigenvalue weighted by atomic mass is 10.2. The molecule has 0 bridgehead atoms. The third kappa shape index (κ3) is 4.13. The number of anilines is 1. The van der Waals surface area contributed by atoms with Crippen molar-refractivity contribution < 1.29 is 4.42 Å². The second kappa shape index (κ2) is 7.47. The van der Waals surface area contributed by atoms with Crippen LogP contribution in [-0.2, 0) is 6.54 Å². The smallest absolute Gasteiger partial charge is 0.172 e. The summed E-state index contributed by atoms with van der Waals surface area (Å²) in [4.78, 5) is 4.22. The summed E-state index contributed by atoms with van der Waals surface area (Å²) in [5.41, 5.74) is 1.97.